The Morgan fingerprint density at radius 2 is 1.58 bits per heavy atom. The number of ether oxygens (including phenoxy) is 1. The Morgan fingerprint density at radius 1 is 0.972 bits per heavy atom. The summed E-state index contributed by atoms with van der Waals surface area (Å²) >= 11 is 0. The maximum atomic E-state index is 13.0. The monoisotopic (exact) mass is 531 g/mol. The number of anilines is 1. The summed E-state index contributed by atoms with van der Waals surface area (Å²) in [5, 5.41) is 2.92. The van der Waals surface area contributed by atoms with Gasteiger partial charge in [0, 0.05) is 23.6 Å². The normalized spacial score (nSPS) is 10.3. The summed E-state index contributed by atoms with van der Waals surface area (Å²) in [6.07, 6.45) is 0.987. The van der Waals surface area contributed by atoms with Gasteiger partial charge in [0.05, 0.1) is 19.1 Å². The number of hydrogen-bond donors (Lipinski definition) is 2. The molecule has 1 amide bonds. The Bertz CT molecular complexity index is 1180. The Morgan fingerprint density at radius 3 is 2.11 bits per heavy atom. The number of carbonyl (C=O) groups excluding carboxylic acids is 2. The van der Waals surface area contributed by atoms with Crippen LogP contribution in [0, 0.1) is 19.8 Å². The van der Waals surface area contributed by atoms with Crippen molar-refractivity contribution in [2.45, 2.75) is 47.1 Å². The predicted molar refractivity (Wildman–Crippen MR) is 150 cm³/mol. The van der Waals surface area contributed by atoms with Gasteiger partial charge in [-0.25, -0.2) is 4.79 Å². The molecule has 3 N–H and O–H groups in total. The number of aryl methyl sites for hydroxylation is 2. The Kier molecular flexibility index (Phi) is 12.1. The second-order valence-corrected chi connectivity index (χ2v) is 8.94. The van der Waals surface area contributed by atoms with E-state index in [0.717, 1.165) is 40.1 Å². The van der Waals surface area contributed by atoms with Crippen molar-refractivity contribution in [1.82, 2.24) is 4.98 Å². The summed E-state index contributed by atoms with van der Waals surface area (Å²) < 4.78 is 4.72. The van der Waals surface area contributed by atoms with Crippen LogP contribution in [0.2, 0.25) is 0 Å². The van der Waals surface area contributed by atoms with Crippen LogP contribution >= 0.6 is 24.8 Å². The molecule has 0 atom stereocenters. The predicted octanol–water partition coefficient (Wildman–Crippen LogP) is 5.83. The number of esters is 1. The van der Waals surface area contributed by atoms with Gasteiger partial charge < -0.3 is 15.8 Å². The molecule has 0 aliphatic heterocycles. The van der Waals surface area contributed by atoms with E-state index < -0.39 is 5.97 Å². The fourth-order valence-corrected chi connectivity index (χ4v) is 4.08. The van der Waals surface area contributed by atoms with Crippen LogP contribution in [0.5, 0.6) is 0 Å². The van der Waals surface area contributed by atoms with Gasteiger partial charge in [0.1, 0.15) is 0 Å². The number of hydrogen-bond acceptors (Lipinski definition) is 5. The van der Waals surface area contributed by atoms with Crippen molar-refractivity contribution in [1.29, 1.82) is 0 Å². The van der Waals surface area contributed by atoms with E-state index in [0.29, 0.717) is 23.7 Å². The highest BCUT2D eigenvalue weighted by atomic mass is 35.5. The van der Waals surface area contributed by atoms with Crippen LogP contribution in [0.1, 0.15) is 52.3 Å². The maximum absolute atomic E-state index is 13.0. The molecule has 36 heavy (non-hydrogen) atoms. The molecule has 0 spiro atoms. The number of benzene rings is 2. The van der Waals surface area contributed by atoms with E-state index in [1.165, 1.54) is 12.7 Å². The van der Waals surface area contributed by atoms with Gasteiger partial charge in [0.25, 0.3) is 0 Å². The number of nitrogens with zero attached hydrogens (tertiary/aromatic N) is 1. The first-order chi connectivity index (χ1) is 16.2. The second kappa shape index (κ2) is 14.0. The molecule has 0 fully saturated rings. The number of methoxy groups -OCH3 is 1. The first-order valence-electron chi connectivity index (χ1n) is 11.5. The molecule has 0 saturated carbocycles. The number of nitrogens with one attached hydrogen (secondary N) is 1. The molecule has 2 aromatic carbocycles. The Hall–Kier alpha value is -2.93. The zero-order chi connectivity index (χ0) is 24.8. The summed E-state index contributed by atoms with van der Waals surface area (Å²) in [4.78, 5) is 29.6. The quantitative estimate of drug-likeness (QED) is 0.356. The van der Waals surface area contributed by atoms with Gasteiger partial charge in [-0.1, -0.05) is 43.7 Å². The van der Waals surface area contributed by atoms with Crippen molar-refractivity contribution >= 4 is 42.4 Å². The lowest BCUT2D eigenvalue weighted by atomic mass is 9.88. The van der Waals surface area contributed by atoms with Crippen LogP contribution < -0.4 is 11.1 Å². The lowest BCUT2D eigenvalue weighted by Crippen LogP contribution is -2.19. The fraction of sp³-hybridized carbons (Fsp3) is 0.321. The van der Waals surface area contributed by atoms with Gasteiger partial charge in [-0.15, -0.1) is 24.8 Å². The van der Waals surface area contributed by atoms with Crippen LogP contribution in [-0.2, 0) is 28.9 Å². The molecular weight excluding hydrogens is 497 g/mol. The largest absolute Gasteiger partial charge is 0.465 e. The van der Waals surface area contributed by atoms with Gasteiger partial charge in [-0.05, 0) is 72.7 Å². The van der Waals surface area contributed by atoms with Crippen molar-refractivity contribution in [2.75, 3.05) is 12.4 Å². The number of aromatic nitrogens is 1. The Labute approximate surface area is 225 Å². The first-order valence-corrected chi connectivity index (χ1v) is 11.5. The van der Waals surface area contributed by atoms with Crippen LogP contribution in [0.15, 0.2) is 48.5 Å². The smallest absolute Gasteiger partial charge is 0.337 e. The van der Waals surface area contributed by atoms with Gasteiger partial charge >= 0.3 is 5.97 Å². The van der Waals surface area contributed by atoms with Crippen LogP contribution in [0.4, 0.5) is 5.69 Å². The fourth-order valence-electron chi connectivity index (χ4n) is 4.08. The standard InChI is InChI=1S/C28H33N3O3.2ClH/c1-17(2)14-25-24(16-29)27(20-8-6-18(3)7-9-20)23(19(4)30-25)15-26(32)31-22-12-10-21(11-13-22)28(33)34-5;;/h6-13,17H,14-16,29H2,1-5H3,(H,31,32);2*1H. The molecule has 3 rings (SSSR count). The number of amides is 1. The average molecular weight is 533 g/mol. The zero-order valence-electron chi connectivity index (χ0n) is 21.4. The molecule has 1 aromatic heterocycles. The Balaban J connectivity index is 0.00000324. The molecule has 8 heteroatoms. The third kappa shape index (κ3) is 7.53. The van der Waals surface area contributed by atoms with E-state index in [2.05, 4.69) is 50.4 Å². The second-order valence-electron chi connectivity index (χ2n) is 8.94. The van der Waals surface area contributed by atoms with Crippen molar-refractivity contribution in [3.8, 4) is 11.1 Å². The van der Waals surface area contributed by atoms with Crippen molar-refractivity contribution in [2.24, 2.45) is 11.7 Å². The van der Waals surface area contributed by atoms with Crippen molar-refractivity contribution in [3.05, 3.63) is 82.2 Å². The minimum atomic E-state index is -0.418. The van der Waals surface area contributed by atoms with Gasteiger partial charge in [0.15, 0.2) is 0 Å². The number of pyridine rings is 1. The van der Waals surface area contributed by atoms with Gasteiger partial charge in [-0.2, -0.15) is 0 Å². The third-order valence-corrected chi connectivity index (χ3v) is 5.76. The number of halogens is 2. The van der Waals surface area contributed by atoms with E-state index in [1.54, 1.807) is 24.3 Å². The molecular formula is C28H35Cl2N3O3. The summed E-state index contributed by atoms with van der Waals surface area (Å²) in [6.45, 7) is 8.68. The third-order valence-electron chi connectivity index (χ3n) is 5.76. The molecule has 0 bridgehead atoms. The lowest BCUT2D eigenvalue weighted by Gasteiger charge is -2.21. The molecule has 0 aliphatic rings. The summed E-state index contributed by atoms with van der Waals surface area (Å²) in [5.74, 6) is -0.146. The number of nitrogens with two attached hydrogens (primary N) is 1. The summed E-state index contributed by atoms with van der Waals surface area (Å²) in [5.41, 5.74) is 14.2. The average Bonchev–Trinajstić information content (AvgIpc) is 2.80. The molecule has 0 radical (unpaired) electrons. The number of rotatable bonds is 8. The molecule has 0 saturated heterocycles. The van der Waals surface area contributed by atoms with E-state index in [9.17, 15) is 9.59 Å². The zero-order valence-corrected chi connectivity index (χ0v) is 23.0. The van der Waals surface area contributed by atoms with E-state index in [4.69, 9.17) is 15.5 Å². The summed E-state index contributed by atoms with van der Waals surface area (Å²) in [6, 6.07) is 14.9. The molecule has 3 aromatic rings. The lowest BCUT2D eigenvalue weighted by molar-refractivity contribution is -0.115. The van der Waals surface area contributed by atoms with E-state index in [1.807, 2.05) is 6.92 Å². The molecule has 0 aliphatic carbocycles. The van der Waals surface area contributed by atoms with Crippen LogP contribution in [0.25, 0.3) is 11.1 Å². The highest BCUT2D eigenvalue weighted by Crippen LogP contribution is 2.33. The SMILES string of the molecule is COC(=O)c1ccc(NC(=O)Cc2c(C)nc(CC(C)C)c(CN)c2-c2ccc(C)cc2)cc1.Cl.Cl. The maximum Gasteiger partial charge on any atom is 0.337 e. The number of carbonyl (C=O) groups is 2. The van der Waals surface area contributed by atoms with Gasteiger partial charge in [0.2, 0.25) is 5.91 Å². The van der Waals surface area contributed by atoms with Crippen molar-refractivity contribution < 1.29 is 14.3 Å². The topological polar surface area (TPSA) is 94.3 Å². The molecule has 0 unspecified atom stereocenters. The first kappa shape index (κ1) is 31.1. The van der Waals surface area contributed by atoms with Crippen LogP contribution in [0.3, 0.4) is 0 Å². The van der Waals surface area contributed by atoms with E-state index in [-0.39, 0.29) is 37.1 Å². The molecule has 1 heterocycles. The minimum absolute atomic E-state index is 0. The molecule has 6 nitrogen and oxygen atoms in total. The van der Waals surface area contributed by atoms with E-state index >= 15 is 0 Å². The van der Waals surface area contributed by atoms with Crippen molar-refractivity contribution in [3.63, 3.8) is 0 Å². The highest BCUT2D eigenvalue weighted by molar-refractivity contribution is 5.95. The minimum Gasteiger partial charge on any atom is -0.465 e. The van der Waals surface area contributed by atoms with Gasteiger partial charge in [-0.3, -0.25) is 9.78 Å². The highest BCUT2D eigenvalue weighted by Gasteiger charge is 2.21. The summed E-state index contributed by atoms with van der Waals surface area (Å²) in [7, 11) is 1.34. The van der Waals surface area contributed by atoms with Crippen LogP contribution in [-0.4, -0.2) is 24.0 Å². The molecule has 194 valence electrons.